The molecule has 0 fully saturated rings. The molecule has 1 amide bonds. The van der Waals surface area contributed by atoms with Crippen LogP contribution in [0.2, 0.25) is 0 Å². The summed E-state index contributed by atoms with van der Waals surface area (Å²) in [7, 11) is 1.76. The quantitative estimate of drug-likeness (QED) is 0.522. The van der Waals surface area contributed by atoms with Crippen molar-refractivity contribution < 1.29 is 18.0 Å². The van der Waals surface area contributed by atoms with Gasteiger partial charge in [0.2, 0.25) is 0 Å². The molecule has 6 nitrogen and oxygen atoms in total. The van der Waals surface area contributed by atoms with E-state index in [2.05, 4.69) is 10.4 Å². The van der Waals surface area contributed by atoms with Crippen LogP contribution in [0, 0.1) is 6.92 Å². The first kappa shape index (κ1) is 21.4. The van der Waals surface area contributed by atoms with E-state index in [-0.39, 0.29) is 17.8 Å². The zero-order valence-corrected chi connectivity index (χ0v) is 17.3. The minimum atomic E-state index is -4.56. The Balaban J connectivity index is 1.81. The Bertz CT molecular complexity index is 1390. The van der Waals surface area contributed by atoms with Crippen molar-refractivity contribution >= 4 is 16.8 Å². The SMILES string of the molecule is Cc1nn(C)cc1CNC(=O)c1cc2ccccc2n(-c2cccc(C(F)(F)F)c2)c1=O. The van der Waals surface area contributed by atoms with Gasteiger partial charge in [0.15, 0.2) is 0 Å². The number of hydrogen-bond acceptors (Lipinski definition) is 3. The molecule has 0 bridgehead atoms. The molecule has 9 heteroatoms. The Hall–Kier alpha value is -3.88. The van der Waals surface area contributed by atoms with Gasteiger partial charge in [-0.15, -0.1) is 0 Å². The van der Waals surface area contributed by atoms with E-state index in [0.717, 1.165) is 28.0 Å². The first-order valence-electron chi connectivity index (χ1n) is 9.75. The Morgan fingerprint density at radius 3 is 2.53 bits per heavy atom. The van der Waals surface area contributed by atoms with E-state index in [4.69, 9.17) is 0 Å². The van der Waals surface area contributed by atoms with E-state index in [1.54, 1.807) is 49.1 Å². The van der Waals surface area contributed by atoms with Gasteiger partial charge < -0.3 is 5.32 Å². The number of pyridine rings is 1. The number of nitrogens with zero attached hydrogens (tertiary/aromatic N) is 3. The number of alkyl halides is 3. The number of nitrogens with one attached hydrogen (secondary N) is 1. The molecule has 0 saturated carbocycles. The minimum Gasteiger partial charge on any atom is -0.348 e. The van der Waals surface area contributed by atoms with E-state index in [0.29, 0.717) is 10.9 Å². The first-order valence-corrected chi connectivity index (χ1v) is 9.75. The molecular weight excluding hydrogens is 421 g/mol. The van der Waals surface area contributed by atoms with Crippen molar-refractivity contribution in [1.29, 1.82) is 0 Å². The summed E-state index contributed by atoms with van der Waals surface area (Å²) in [5, 5.41) is 7.46. The van der Waals surface area contributed by atoms with Gasteiger partial charge in [0.25, 0.3) is 11.5 Å². The van der Waals surface area contributed by atoms with Crippen LogP contribution in [-0.4, -0.2) is 20.3 Å². The van der Waals surface area contributed by atoms with Crippen LogP contribution in [-0.2, 0) is 19.8 Å². The summed E-state index contributed by atoms with van der Waals surface area (Å²) in [5.41, 5.74) is 0.210. The maximum atomic E-state index is 13.3. The van der Waals surface area contributed by atoms with E-state index in [1.165, 1.54) is 18.2 Å². The summed E-state index contributed by atoms with van der Waals surface area (Å²) >= 11 is 0. The highest BCUT2D eigenvalue weighted by Gasteiger charge is 2.31. The lowest BCUT2D eigenvalue weighted by molar-refractivity contribution is -0.137. The molecule has 0 spiro atoms. The van der Waals surface area contributed by atoms with Crippen LogP contribution in [0.25, 0.3) is 16.6 Å². The summed E-state index contributed by atoms with van der Waals surface area (Å²) in [6.07, 6.45) is -2.80. The van der Waals surface area contributed by atoms with Crippen molar-refractivity contribution in [2.75, 3.05) is 0 Å². The van der Waals surface area contributed by atoms with E-state index in [9.17, 15) is 22.8 Å². The molecule has 0 atom stereocenters. The average molecular weight is 440 g/mol. The lowest BCUT2D eigenvalue weighted by atomic mass is 10.1. The predicted octanol–water partition coefficient (Wildman–Crippen LogP) is 3.98. The Morgan fingerprint density at radius 1 is 1.09 bits per heavy atom. The molecule has 0 aliphatic rings. The van der Waals surface area contributed by atoms with Gasteiger partial charge >= 0.3 is 6.18 Å². The molecule has 0 radical (unpaired) electrons. The topological polar surface area (TPSA) is 68.9 Å². The number of halogens is 3. The van der Waals surface area contributed by atoms with Crippen molar-refractivity contribution in [2.24, 2.45) is 7.05 Å². The lowest BCUT2D eigenvalue weighted by Crippen LogP contribution is -2.32. The Morgan fingerprint density at radius 2 is 1.84 bits per heavy atom. The third-order valence-electron chi connectivity index (χ3n) is 5.14. The molecule has 0 unspecified atom stereocenters. The molecular formula is C23H19F3N4O2. The van der Waals surface area contributed by atoms with Crippen molar-refractivity contribution in [3.63, 3.8) is 0 Å². The van der Waals surface area contributed by atoms with Gasteiger partial charge in [0.05, 0.1) is 16.8 Å². The maximum absolute atomic E-state index is 13.3. The number of carbonyl (C=O) groups excluding carboxylic acids is 1. The first-order chi connectivity index (χ1) is 15.1. The van der Waals surface area contributed by atoms with Gasteiger partial charge in [-0.2, -0.15) is 18.3 Å². The number of aromatic nitrogens is 3. The van der Waals surface area contributed by atoms with Crippen LogP contribution in [0.3, 0.4) is 0 Å². The number of carbonyl (C=O) groups is 1. The number of amides is 1. The fourth-order valence-corrected chi connectivity index (χ4v) is 3.59. The Labute approximate surface area is 180 Å². The van der Waals surface area contributed by atoms with Gasteiger partial charge in [0.1, 0.15) is 5.56 Å². The summed E-state index contributed by atoms with van der Waals surface area (Å²) < 4.78 is 42.5. The standard InChI is InChI=1S/C23H19F3N4O2/c1-14-16(13-29(2)28-14)12-27-21(31)19-10-15-6-3-4-9-20(15)30(22(19)32)18-8-5-7-17(11-18)23(24,25)26/h3-11,13H,12H2,1-2H3,(H,27,31). The highest BCUT2D eigenvalue weighted by atomic mass is 19.4. The summed E-state index contributed by atoms with van der Waals surface area (Å²) in [6, 6.07) is 12.6. The van der Waals surface area contributed by atoms with Crippen LogP contribution in [0.5, 0.6) is 0 Å². The second-order valence-electron chi connectivity index (χ2n) is 7.40. The number of para-hydroxylation sites is 1. The monoisotopic (exact) mass is 440 g/mol. The molecule has 32 heavy (non-hydrogen) atoms. The second-order valence-corrected chi connectivity index (χ2v) is 7.40. The maximum Gasteiger partial charge on any atom is 0.416 e. The van der Waals surface area contributed by atoms with Crippen LogP contribution < -0.4 is 10.9 Å². The third kappa shape index (κ3) is 4.01. The molecule has 0 aliphatic carbocycles. The van der Waals surface area contributed by atoms with E-state index >= 15 is 0 Å². The normalized spacial score (nSPS) is 11.7. The third-order valence-corrected chi connectivity index (χ3v) is 5.14. The fraction of sp³-hybridized carbons (Fsp3) is 0.174. The van der Waals surface area contributed by atoms with Crippen LogP contribution >= 0.6 is 0 Å². The average Bonchev–Trinajstić information content (AvgIpc) is 3.08. The largest absolute Gasteiger partial charge is 0.416 e. The van der Waals surface area contributed by atoms with Gasteiger partial charge in [-0.1, -0.05) is 24.3 Å². The van der Waals surface area contributed by atoms with Gasteiger partial charge in [0, 0.05) is 31.0 Å². The molecule has 1 N–H and O–H groups in total. The van der Waals surface area contributed by atoms with Gasteiger partial charge in [-0.05, 0) is 42.6 Å². The molecule has 2 aromatic carbocycles. The van der Waals surface area contributed by atoms with E-state index < -0.39 is 23.2 Å². The zero-order valence-electron chi connectivity index (χ0n) is 17.3. The number of aryl methyl sites for hydroxylation is 2. The number of hydrogen-bond donors (Lipinski definition) is 1. The second kappa shape index (κ2) is 7.99. The molecule has 4 aromatic rings. The molecule has 4 rings (SSSR count). The van der Waals surface area contributed by atoms with Crippen molar-refractivity contribution in [3.05, 3.63) is 93.5 Å². The fourth-order valence-electron chi connectivity index (χ4n) is 3.59. The van der Waals surface area contributed by atoms with Crippen LogP contribution in [0.1, 0.15) is 27.2 Å². The van der Waals surface area contributed by atoms with Crippen molar-refractivity contribution in [2.45, 2.75) is 19.6 Å². The molecule has 2 heterocycles. The molecule has 0 saturated heterocycles. The van der Waals surface area contributed by atoms with Gasteiger partial charge in [-0.3, -0.25) is 18.8 Å². The summed E-state index contributed by atoms with van der Waals surface area (Å²) in [5.74, 6) is -0.621. The number of fused-ring (bicyclic) bond motifs is 1. The number of benzene rings is 2. The molecule has 0 aliphatic heterocycles. The smallest absolute Gasteiger partial charge is 0.348 e. The molecule has 164 valence electrons. The van der Waals surface area contributed by atoms with E-state index in [1.807, 2.05) is 0 Å². The summed E-state index contributed by atoms with van der Waals surface area (Å²) in [4.78, 5) is 26.2. The minimum absolute atomic E-state index is 0.0266. The van der Waals surface area contributed by atoms with Crippen molar-refractivity contribution in [3.8, 4) is 5.69 Å². The summed E-state index contributed by atoms with van der Waals surface area (Å²) in [6.45, 7) is 1.96. The van der Waals surface area contributed by atoms with Crippen molar-refractivity contribution in [1.82, 2.24) is 19.7 Å². The highest BCUT2D eigenvalue weighted by Crippen LogP contribution is 2.30. The Kier molecular flexibility index (Phi) is 5.33. The van der Waals surface area contributed by atoms with Crippen LogP contribution in [0.15, 0.2) is 65.6 Å². The lowest BCUT2D eigenvalue weighted by Gasteiger charge is -2.15. The predicted molar refractivity (Wildman–Crippen MR) is 114 cm³/mol. The zero-order chi connectivity index (χ0) is 23.0. The number of rotatable bonds is 4. The van der Waals surface area contributed by atoms with Crippen LogP contribution in [0.4, 0.5) is 13.2 Å². The molecule has 2 aromatic heterocycles. The van der Waals surface area contributed by atoms with Gasteiger partial charge in [-0.25, -0.2) is 0 Å². The highest BCUT2D eigenvalue weighted by molar-refractivity contribution is 5.97.